The van der Waals surface area contributed by atoms with Gasteiger partial charge in [-0.3, -0.25) is 4.79 Å². The second kappa shape index (κ2) is 4.74. The average molecular weight is 227 g/mol. The molecule has 0 aromatic heterocycles. The SMILES string of the molecule is CC(C)CC(C)(C)CNCC1(C(=O)O)CC1. The molecule has 2 N–H and O–H groups in total. The van der Waals surface area contributed by atoms with Gasteiger partial charge in [0.1, 0.15) is 0 Å². The first-order valence-corrected chi connectivity index (χ1v) is 6.22. The van der Waals surface area contributed by atoms with Gasteiger partial charge in [-0.2, -0.15) is 0 Å². The van der Waals surface area contributed by atoms with Gasteiger partial charge in [-0.25, -0.2) is 0 Å². The molecule has 0 amide bonds. The third kappa shape index (κ3) is 3.78. The maximum absolute atomic E-state index is 11.0. The Labute approximate surface area is 98.6 Å². The van der Waals surface area contributed by atoms with Gasteiger partial charge in [-0.05, 0) is 30.6 Å². The molecule has 0 bridgehead atoms. The van der Waals surface area contributed by atoms with Gasteiger partial charge < -0.3 is 10.4 Å². The zero-order valence-electron chi connectivity index (χ0n) is 11.0. The molecule has 3 nitrogen and oxygen atoms in total. The summed E-state index contributed by atoms with van der Waals surface area (Å²) in [7, 11) is 0. The Hall–Kier alpha value is -0.570. The quantitative estimate of drug-likeness (QED) is 0.702. The largest absolute Gasteiger partial charge is 0.481 e. The standard InChI is InChI=1S/C13H25NO2/c1-10(2)7-12(3,4)8-14-9-13(5-6-13)11(15)16/h10,14H,5-9H2,1-4H3,(H,15,16). The van der Waals surface area contributed by atoms with Crippen LogP contribution in [-0.4, -0.2) is 24.2 Å². The van der Waals surface area contributed by atoms with Crippen molar-refractivity contribution in [3.63, 3.8) is 0 Å². The molecule has 94 valence electrons. The second-order valence-electron chi connectivity index (χ2n) is 6.45. The lowest BCUT2D eigenvalue weighted by atomic mass is 9.84. The van der Waals surface area contributed by atoms with E-state index in [9.17, 15) is 4.79 Å². The summed E-state index contributed by atoms with van der Waals surface area (Å²) in [5.41, 5.74) is -0.184. The fraction of sp³-hybridized carbons (Fsp3) is 0.923. The van der Waals surface area contributed by atoms with E-state index < -0.39 is 11.4 Å². The minimum Gasteiger partial charge on any atom is -0.481 e. The molecule has 0 atom stereocenters. The minimum atomic E-state index is -0.637. The zero-order chi connectivity index (χ0) is 12.4. The second-order valence-corrected chi connectivity index (χ2v) is 6.45. The van der Waals surface area contributed by atoms with Crippen molar-refractivity contribution in [2.45, 2.75) is 47.0 Å². The number of nitrogens with one attached hydrogen (secondary N) is 1. The van der Waals surface area contributed by atoms with Crippen molar-refractivity contribution in [3.8, 4) is 0 Å². The van der Waals surface area contributed by atoms with E-state index in [1.54, 1.807) is 0 Å². The molecule has 0 heterocycles. The molecule has 3 heteroatoms. The Bertz CT molecular complexity index is 255. The highest BCUT2D eigenvalue weighted by Gasteiger charge is 2.49. The molecule has 0 spiro atoms. The van der Waals surface area contributed by atoms with E-state index in [2.05, 4.69) is 33.0 Å². The molecule has 0 aromatic carbocycles. The van der Waals surface area contributed by atoms with Crippen molar-refractivity contribution in [1.82, 2.24) is 5.32 Å². The molecular formula is C13H25NO2. The van der Waals surface area contributed by atoms with Crippen LogP contribution in [0.2, 0.25) is 0 Å². The van der Waals surface area contributed by atoms with Crippen molar-refractivity contribution < 1.29 is 9.90 Å². The van der Waals surface area contributed by atoms with E-state index in [1.807, 2.05) is 0 Å². The number of carboxylic acid groups (broad SMARTS) is 1. The Morgan fingerprint density at radius 2 is 2.00 bits per heavy atom. The van der Waals surface area contributed by atoms with Crippen LogP contribution in [0.1, 0.15) is 47.0 Å². The van der Waals surface area contributed by atoms with Crippen LogP contribution in [0.15, 0.2) is 0 Å². The smallest absolute Gasteiger partial charge is 0.310 e. The Kier molecular flexibility index (Phi) is 4.00. The van der Waals surface area contributed by atoms with Crippen LogP contribution in [0.5, 0.6) is 0 Å². The number of aliphatic carboxylic acids is 1. The van der Waals surface area contributed by atoms with Gasteiger partial charge in [0.05, 0.1) is 5.41 Å². The minimum absolute atomic E-state index is 0.253. The molecule has 0 unspecified atom stereocenters. The fourth-order valence-electron chi connectivity index (χ4n) is 2.43. The fourth-order valence-corrected chi connectivity index (χ4v) is 2.43. The maximum atomic E-state index is 11.0. The molecule has 1 fully saturated rings. The highest BCUT2D eigenvalue weighted by atomic mass is 16.4. The van der Waals surface area contributed by atoms with E-state index >= 15 is 0 Å². The molecular weight excluding hydrogens is 202 g/mol. The number of hydrogen-bond donors (Lipinski definition) is 2. The van der Waals surface area contributed by atoms with Gasteiger partial charge in [0.15, 0.2) is 0 Å². The molecule has 0 saturated heterocycles. The van der Waals surface area contributed by atoms with Crippen LogP contribution >= 0.6 is 0 Å². The zero-order valence-corrected chi connectivity index (χ0v) is 11.0. The third-order valence-electron chi connectivity index (χ3n) is 3.34. The van der Waals surface area contributed by atoms with Gasteiger partial charge in [0, 0.05) is 13.1 Å². The van der Waals surface area contributed by atoms with Crippen molar-refractivity contribution in [3.05, 3.63) is 0 Å². The first-order chi connectivity index (χ1) is 7.27. The predicted octanol–water partition coefficient (Wildman–Crippen LogP) is 2.51. The van der Waals surface area contributed by atoms with Crippen molar-refractivity contribution in [2.24, 2.45) is 16.7 Å². The summed E-state index contributed by atoms with van der Waals surface area (Å²) in [4.78, 5) is 11.0. The molecule has 1 rings (SSSR count). The van der Waals surface area contributed by atoms with E-state index in [1.165, 1.54) is 6.42 Å². The van der Waals surface area contributed by atoms with Crippen LogP contribution in [0.4, 0.5) is 0 Å². The number of rotatable bonds is 7. The highest BCUT2D eigenvalue weighted by Crippen LogP contribution is 2.45. The van der Waals surface area contributed by atoms with E-state index in [-0.39, 0.29) is 5.41 Å². The van der Waals surface area contributed by atoms with Crippen molar-refractivity contribution in [1.29, 1.82) is 0 Å². The Morgan fingerprint density at radius 1 is 1.44 bits per heavy atom. The monoisotopic (exact) mass is 227 g/mol. The Balaban J connectivity index is 2.27. The van der Waals surface area contributed by atoms with E-state index in [0.717, 1.165) is 19.4 Å². The first kappa shape index (κ1) is 13.5. The maximum Gasteiger partial charge on any atom is 0.310 e. The summed E-state index contributed by atoms with van der Waals surface area (Å²) >= 11 is 0. The van der Waals surface area contributed by atoms with Crippen LogP contribution in [-0.2, 0) is 4.79 Å². The van der Waals surface area contributed by atoms with Crippen molar-refractivity contribution >= 4 is 5.97 Å². The highest BCUT2D eigenvalue weighted by molar-refractivity contribution is 5.78. The molecule has 1 aliphatic rings. The van der Waals surface area contributed by atoms with Crippen LogP contribution in [0.25, 0.3) is 0 Å². The molecule has 0 aliphatic heterocycles. The van der Waals surface area contributed by atoms with Gasteiger partial charge in [0.25, 0.3) is 0 Å². The number of hydrogen-bond acceptors (Lipinski definition) is 2. The lowest BCUT2D eigenvalue weighted by Crippen LogP contribution is -2.36. The molecule has 16 heavy (non-hydrogen) atoms. The average Bonchev–Trinajstić information content (AvgIpc) is 2.82. The normalized spacial score (nSPS) is 18.8. The summed E-state index contributed by atoms with van der Waals surface area (Å²) in [5.74, 6) is 0.0489. The topological polar surface area (TPSA) is 49.3 Å². The summed E-state index contributed by atoms with van der Waals surface area (Å²) in [6, 6.07) is 0. The summed E-state index contributed by atoms with van der Waals surface area (Å²) < 4.78 is 0. The van der Waals surface area contributed by atoms with Gasteiger partial charge in [0.2, 0.25) is 0 Å². The summed E-state index contributed by atoms with van der Waals surface area (Å²) in [6.07, 6.45) is 2.83. The lowest BCUT2D eigenvalue weighted by Gasteiger charge is -2.27. The Morgan fingerprint density at radius 3 is 2.38 bits per heavy atom. The number of carboxylic acids is 1. The van der Waals surface area contributed by atoms with Gasteiger partial charge >= 0.3 is 5.97 Å². The van der Waals surface area contributed by atoms with E-state index in [4.69, 9.17) is 5.11 Å². The summed E-state index contributed by atoms with van der Waals surface area (Å²) in [6.45, 7) is 10.5. The molecule has 0 radical (unpaired) electrons. The predicted molar refractivity (Wildman–Crippen MR) is 65.4 cm³/mol. The third-order valence-corrected chi connectivity index (χ3v) is 3.34. The number of carbonyl (C=O) groups is 1. The van der Waals surface area contributed by atoms with Crippen LogP contribution in [0.3, 0.4) is 0 Å². The molecule has 1 saturated carbocycles. The van der Waals surface area contributed by atoms with Gasteiger partial charge in [-0.15, -0.1) is 0 Å². The van der Waals surface area contributed by atoms with Gasteiger partial charge in [-0.1, -0.05) is 27.7 Å². The van der Waals surface area contributed by atoms with Crippen molar-refractivity contribution in [2.75, 3.05) is 13.1 Å². The molecule has 0 aromatic rings. The lowest BCUT2D eigenvalue weighted by molar-refractivity contribution is -0.143. The van der Waals surface area contributed by atoms with Crippen LogP contribution in [0, 0.1) is 16.7 Å². The first-order valence-electron chi connectivity index (χ1n) is 6.22. The van der Waals surface area contributed by atoms with E-state index in [0.29, 0.717) is 12.5 Å². The molecule has 1 aliphatic carbocycles. The van der Waals surface area contributed by atoms with Crippen LogP contribution < -0.4 is 5.32 Å². The summed E-state index contributed by atoms with van der Waals surface area (Å²) in [5, 5.41) is 12.4.